The average Bonchev–Trinajstić information content (AvgIpc) is 2.23. The summed E-state index contributed by atoms with van der Waals surface area (Å²) in [5.74, 6) is 0.658. The summed E-state index contributed by atoms with van der Waals surface area (Å²) in [5.41, 5.74) is 6.13. The van der Waals surface area contributed by atoms with Crippen molar-refractivity contribution >= 4 is 5.69 Å². The summed E-state index contributed by atoms with van der Waals surface area (Å²) in [6, 6.07) is 1.72. The molecule has 0 fully saturated rings. The quantitative estimate of drug-likeness (QED) is 0.674. The van der Waals surface area contributed by atoms with Gasteiger partial charge in [-0.3, -0.25) is 4.98 Å². The van der Waals surface area contributed by atoms with Crippen LogP contribution in [0, 0.1) is 0 Å². The second-order valence-electron chi connectivity index (χ2n) is 2.91. The zero-order valence-electron chi connectivity index (χ0n) is 8.81. The van der Waals surface area contributed by atoms with E-state index in [9.17, 15) is 0 Å². The van der Waals surface area contributed by atoms with Crippen LogP contribution in [-0.2, 0) is 9.47 Å². The van der Waals surface area contributed by atoms with E-state index < -0.39 is 0 Å². The number of nitrogens with zero attached hydrogens (tertiary/aromatic N) is 1. The number of methoxy groups -OCH3 is 1. The van der Waals surface area contributed by atoms with Crippen LogP contribution >= 0.6 is 0 Å². The van der Waals surface area contributed by atoms with E-state index in [1.54, 1.807) is 25.6 Å². The number of nitrogen functional groups attached to an aromatic ring is 1. The Morgan fingerprint density at radius 1 is 1.20 bits per heavy atom. The van der Waals surface area contributed by atoms with Crippen molar-refractivity contribution in [2.75, 3.05) is 39.3 Å². The Morgan fingerprint density at radius 3 is 2.73 bits per heavy atom. The van der Waals surface area contributed by atoms with Gasteiger partial charge in [-0.25, -0.2) is 0 Å². The van der Waals surface area contributed by atoms with Crippen molar-refractivity contribution in [3.63, 3.8) is 0 Å². The zero-order chi connectivity index (χ0) is 10.9. The van der Waals surface area contributed by atoms with Crippen LogP contribution in [0.1, 0.15) is 0 Å². The minimum absolute atomic E-state index is 0.481. The van der Waals surface area contributed by atoms with Crippen molar-refractivity contribution in [2.45, 2.75) is 0 Å². The number of aromatic nitrogens is 1. The summed E-state index contributed by atoms with van der Waals surface area (Å²) in [6.07, 6.45) is 3.19. The number of hydrogen-bond donors (Lipinski definition) is 1. The molecule has 0 bridgehead atoms. The lowest BCUT2D eigenvalue weighted by molar-refractivity contribution is 0.0544. The van der Waals surface area contributed by atoms with Gasteiger partial charge in [0, 0.05) is 13.2 Å². The Labute approximate surface area is 89.2 Å². The fraction of sp³-hybridized carbons (Fsp3) is 0.500. The largest absolute Gasteiger partial charge is 0.489 e. The second-order valence-corrected chi connectivity index (χ2v) is 2.91. The minimum atomic E-state index is 0.481. The van der Waals surface area contributed by atoms with Crippen molar-refractivity contribution in [3.8, 4) is 5.75 Å². The van der Waals surface area contributed by atoms with Crippen LogP contribution in [-0.4, -0.2) is 38.5 Å². The molecule has 1 rings (SSSR count). The summed E-state index contributed by atoms with van der Waals surface area (Å²) in [4.78, 5) is 3.90. The summed E-state index contributed by atoms with van der Waals surface area (Å²) in [7, 11) is 1.64. The first-order valence-corrected chi connectivity index (χ1v) is 4.73. The second kappa shape index (κ2) is 7.03. The molecule has 84 valence electrons. The van der Waals surface area contributed by atoms with Gasteiger partial charge in [-0.05, 0) is 0 Å². The Kier molecular flexibility index (Phi) is 5.50. The van der Waals surface area contributed by atoms with Gasteiger partial charge in [0.25, 0.3) is 0 Å². The fourth-order valence-corrected chi connectivity index (χ4v) is 0.977. The Bertz CT molecular complexity index is 281. The standard InChI is InChI=1S/C10H16N2O3/c1-13-2-3-14-4-5-15-10-6-9(11)7-12-8-10/h6-8H,2-5,11H2,1H3. The highest BCUT2D eigenvalue weighted by Gasteiger charge is 1.94. The highest BCUT2D eigenvalue weighted by atomic mass is 16.5. The highest BCUT2D eigenvalue weighted by molar-refractivity contribution is 5.39. The summed E-state index contributed by atoms with van der Waals surface area (Å²) in [5, 5.41) is 0. The molecule has 0 saturated heterocycles. The molecular formula is C10H16N2O3. The smallest absolute Gasteiger partial charge is 0.139 e. The summed E-state index contributed by atoms with van der Waals surface area (Å²) < 4.78 is 15.4. The number of anilines is 1. The first-order chi connectivity index (χ1) is 7.33. The number of rotatable bonds is 7. The Hall–Kier alpha value is -1.33. The summed E-state index contributed by atoms with van der Waals surface area (Å²) in [6.45, 7) is 2.18. The van der Waals surface area contributed by atoms with E-state index in [1.807, 2.05) is 0 Å². The van der Waals surface area contributed by atoms with Gasteiger partial charge in [-0.15, -0.1) is 0 Å². The topological polar surface area (TPSA) is 66.6 Å². The zero-order valence-corrected chi connectivity index (χ0v) is 8.81. The number of hydrogen-bond acceptors (Lipinski definition) is 5. The molecule has 1 heterocycles. The average molecular weight is 212 g/mol. The molecule has 5 nitrogen and oxygen atoms in total. The maximum Gasteiger partial charge on any atom is 0.139 e. The van der Waals surface area contributed by atoms with Crippen LogP contribution in [0.2, 0.25) is 0 Å². The molecule has 0 spiro atoms. The third kappa shape index (κ3) is 5.19. The third-order valence-electron chi connectivity index (χ3n) is 1.66. The molecule has 2 N–H and O–H groups in total. The van der Waals surface area contributed by atoms with Gasteiger partial charge in [0.1, 0.15) is 12.4 Å². The van der Waals surface area contributed by atoms with Crippen LogP contribution in [0.4, 0.5) is 5.69 Å². The first kappa shape index (κ1) is 11.7. The molecule has 0 aliphatic heterocycles. The Balaban J connectivity index is 2.10. The maximum atomic E-state index is 5.54. The van der Waals surface area contributed by atoms with Gasteiger partial charge in [0.15, 0.2) is 0 Å². The monoisotopic (exact) mass is 212 g/mol. The summed E-state index contributed by atoms with van der Waals surface area (Å²) >= 11 is 0. The van der Waals surface area contributed by atoms with Crippen molar-refractivity contribution in [1.29, 1.82) is 0 Å². The molecule has 0 amide bonds. The molecular weight excluding hydrogens is 196 g/mol. The molecule has 1 aromatic heterocycles. The maximum absolute atomic E-state index is 5.54. The van der Waals surface area contributed by atoms with Crippen LogP contribution < -0.4 is 10.5 Å². The molecule has 0 aliphatic rings. The van der Waals surface area contributed by atoms with E-state index >= 15 is 0 Å². The van der Waals surface area contributed by atoms with Crippen LogP contribution in [0.5, 0.6) is 5.75 Å². The molecule has 0 aliphatic carbocycles. The number of pyridine rings is 1. The predicted molar refractivity (Wildman–Crippen MR) is 56.8 cm³/mol. The van der Waals surface area contributed by atoms with E-state index in [0.29, 0.717) is 37.9 Å². The SMILES string of the molecule is COCCOCCOc1cncc(N)c1. The van der Waals surface area contributed by atoms with E-state index in [4.69, 9.17) is 19.9 Å². The van der Waals surface area contributed by atoms with Crippen LogP contribution in [0.15, 0.2) is 18.5 Å². The number of ether oxygens (including phenoxy) is 3. The van der Waals surface area contributed by atoms with Gasteiger partial charge in [-0.1, -0.05) is 0 Å². The highest BCUT2D eigenvalue weighted by Crippen LogP contribution is 2.11. The van der Waals surface area contributed by atoms with Crippen molar-refractivity contribution in [3.05, 3.63) is 18.5 Å². The van der Waals surface area contributed by atoms with Crippen LogP contribution in [0.25, 0.3) is 0 Å². The fourth-order valence-electron chi connectivity index (χ4n) is 0.977. The molecule has 0 unspecified atom stereocenters. The van der Waals surface area contributed by atoms with E-state index in [0.717, 1.165) is 0 Å². The molecule has 15 heavy (non-hydrogen) atoms. The van der Waals surface area contributed by atoms with E-state index in [-0.39, 0.29) is 0 Å². The van der Waals surface area contributed by atoms with E-state index in [2.05, 4.69) is 4.98 Å². The molecule has 0 aromatic carbocycles. The molecule has 1 aromatic rings. The van der Waals surface area contributed by atoms with Gasteiger partial charge in [0.05, 0.1) is 37.9 Å². The lowest BCUT2D eigenvalue weighted by atomic mass is 10.4. The minimum Gasteiger partial charge on any atom is -0.489 e. The van der Waals surface area contributed by atoms with E-state index in [1.165, 1.54) is 0 Å². The molecule has 0 radical (unpaired) electrons. The van der Waals surface area contributed by atoms with Crippen molar-refractivity contribution < 1.29 is 14.2 Å². The normalized spacial score (nSPS) is 10.2. The first-order valence-electron chi connectivity index (χ1n) is 4.73. The lowest BCUT2D eigenvalue weighted by Gasteiger charge is -2.06. The molecule has 0 saturated carbocycles. The predicted octanol–water partition coefficient (Wildman–Crippen LogP) is 0.706. The lowest BCUT2D eigenvalue weighted by Crippen LogP contribution is -2.10. The molecule has 0 atom stereocenters. The van der Waals surface area contributed by atoms with Crippen LogP contribution in [0.3, 0.4) is 0 Å². The van der Waals surface area contributed by atoms with Gasteiger partial charge in [0.2, 0.25) is 0 Å². The third-order valence-corrected chi connectivity index (χ3v) is 1.66. The van der Waals surface area contributed by atoms with Gasteiger partial charge >= 0.3 is 0 Å². The Morgan fingerprint density at radius 2 is 2.00 bits per heavy atom. The van der Waals surface area contributed by atoms with Crippen molar-refractivity contribution in [1.82, 2.24) is 4.98 Å². The molecule has 5 heteroatoms. The number of nitrogens with two attached hydrogens (primary N) is 1. The van der Waals surface area contributed by atoms with Gasteiger partial charge in [-0.2, -0.15) is 0 Å². The van der Waals surface area contributed by atoms with Crippen molar-refractivity contribution in [2.24, 2.45) is 0 Å². The van der Waals surface area contributed by atoms with Gasteiger partial charge < -0.3 is 19.9 Å².